The maximum Gasteiger partial charge on any atom is 0.335 e. The number of azide groups is 1. The van der Waals surface area contributed by atoms with Crippen molar-refractivity contribution in [2.45, 2.75) is 70.9 Å². The Labute approximate surface area is 251 Å². The summed E-state index contributed by atoms with van der Waals surface area (Å²) < 4.78 is 0. The zero-order valence-corrected chi connectivity index (χ0v) is 24.4. The number of nitrogens with zero attached hydrogens (tertiary/aromatic N) is 5. The van der Waals surface area contributed by atoms with Gasteiger partial charge in [-0.3, -0.25) is 14.4 Å². The molecule has 1 heterocycles. The topological polar surface area (TPSA) is 242 Å². The third-order valence-electron chi connectivity index (χ3n) is 7.18. The van der Waals surface area contributed by atoms with Gasteiger partial charge < -0.3 is 26.0 Å². The van der Waals surface area contributed by atoms with E-state index in [0.29, 0.717) is 34.1 Å². The van der Waals surface area contributed by atoms with E-state index in [4.69, 9.17) is 22.9 Å². The molecule has 232 valence electrons. The molecule has 0 spiro atoms. The van der Waals surface area contributed by atoms with Gasteiger partial charge in [-0.05, 0) is 68.4 Å². The fraction of sp³-hybridized carbons (Fsp3) is 0.500. The second-order valence-electron chi connectivity index (χ2n) is 9.68. The van der Waals surface area contributed by atoms with E-state index in [0.717, 1.165) is 0 Å². The number of aliphatic carboxylic acids is 3. The van der Waals surface area contributed by atoms with Gasteiger partial charge in [-0.1, -0.05) is 31.1 Å². The number of carboxylic acids is 3. The number of anilines is 1. The molecule has 1 aromatic rings. The van der Waals surface area contributed by atoms with Crippen LogP contribution in [0.3, 0.4) is 0 Å². The Morgan fingerprint density at radius 2 is 1.49 bits per heavy atom. The Morgan fingerprint density at radius 1 is 0.953 bits per heavy atom. The van der Waals surface area contributed by atoms with Gasteiger partial charge in [0.15, 0.2) is 5.11 Å². The number of carbonyl (C=O) groups is 6. The summed E-state index contributed by atoms with van der Waals surface area (Å²) in [6, 6.07) is 1.45. The number of barbiturate groups is 1. The number of hydrogen-bond acceptors (Lipinski definition) is 8. The highest BCUT2D eigenvalue weighted by atomic mass is 32.1. The maximum atomic E-state index is 13.6. The standard InChI is InChI=1S/C26H33N7O9S/c1-3-26(4-2)22(40)32(25(42)33(23(26)41)18(21(38)39)12-13-19(34)35)17(20(36)37)7-5-6-14-28-24(43)29-15-8-10-16(11-9-15)30-31-27/h8-11,17-18H,3-7,12-14H2,1-2H3,(H,34,35)(H,36,37)(H,38,39)(H2,28,29,43)/t17-,18?/m0/s1. The lowest BCUT2D eigenvalue weighted by molar-refractivity contribution is -0.170. The fourth-order valence-corrected chi connectivity index (χ4v) is 4.96. The van der Waals surface area contributed by atoms with Gasteiger partial charge in [0, 0.05) is 29.3 Å². The van der Waals surface area contributed by atoms with Crippen LogP contribution in [0.1, 0.15) is 58.8 Å². The summed E-state index contributed by atoms with van der Waals surface area (Å²) in [6.45, 7) is 3.28. The number of thiocarbonyl (C=S) groups is 1. The van der Waals surface area contributed by atoms with Gasteiger partial charge in [0.2, 0.25) is 11.8 Å². The molecule has 2 rings (SSSR count). The van der Waals surface area contributed by atoms with Crippen LogP contribution in [0.15, 0.2) is 29.4 Å². The molecule has 0 bridgehead atoms. The van der Waals surface area contributed by atoms with E-state index >= 15 is 0 Å². The van der Waals surface area contributed by atoms with Crippen LogP contribution in [-0.2, 0) is 24.0 Å². The first-order valence-corrected chi connectivity index (χ1v) is 13.8. The predicted octanol–water partition coefficient (Wildman–Crippen LogP) is 3.45. The third-order valence-corrected chi connectivity index (χ3v) is 7.42. The van der Waals surface area contributed by atoms with E-state index in [1.54, 1.807) is 24.3 Å². The van der Waals surface area contributed by atoms with Crippen LogP contribution < -0.4 is 10.6 Å². The van der Waals surface area contributed by atoms with Gasteiger partial charge in [-0.2, -0.15) is 0 Å². The minimum absolute atomic E-state index is 0.137. The predicted molar refractivity (Wildman–Crippen MR) is 155 cm³/mol. The molecule has 0 aliphatic carbocycles. The molecule has 1 unspecified atom stereocenters. The molecular weight excluding hydrogens is 586 g/mol. The first-order chi connectivity index (χ1) is 20.3. The maximum absolute atomic E-state index is 13.6. The molecule has 1 aromatic carbocycles. The number of urea groups is 1. The fourth-order valence-electron chi connectivity index (χ4n) is 4.74. The number of carbonyl (C=O) groups excluding carboxylic acids is 3. The van der Waals surface area contributed by atoms with Crippen molar-refractivity contribution in [3.8, 4) is 0 Å². The summed E-state index contributed by atoms with van der Waals surface area (Å²) in [4.78, 5) is 79.4. The summed E-state index contributed by atoms with van der Waals surface area (Å²) >= 11 is 5.24. The number of benzene rings is 1. The van der Waals surface area contributed by atoms with Gasteiger partial charge in [0.05, 0.1) is 0 Å². The molecule has 5 N–H and O–H groups in total. The van der Waals surface area contributed by atoms with Crippen LogP contribution in [0, 0.1) is 5.41 Å². The normalized spacial score (nSPS) is 15.7. The molecule has 43 heavy (non-hydrogen) atoms. The van der Waals surface area contributed by atoms with Gasteiger partial charge in [0.1, 0.15) is 17.5 Å². The smallest absolute Gasteiger partial charge is 0.335 e. The Bertz CT molecular complexity index is 1310. The van der Waals surface area contributed by atoms with E-state index in [1.807, 2.05) is 0 Å². The molecule has 0 radical (unpaired) electrons. The number of imide groups is 2. The molecule has 1 aliphatic heterocycles. The highest BCUT2D eigenvalue weighted by Gasteiger charge is 2.59. The summed E-state index contributed by atoms with van der Waals surface area (Å²) in [5.74, 6) is -6.67. The molecule has 16 nitrogen and oxygen atoms in total. The van der Waals surface area contributed by atoms with Crippen molar-refractivity contribution in [3.05, 3.63) is 34.7 Å². The molecule has 1 saturated heterocycles. The van der Waals surface area contributed by atoms with E-state index in [1.165, 1.54) is 13.8 Å². The van der Waals surface area contributed by atoms with E-state index in [-0.39, 0.29) is 30.8 Å². The lowest BCUT2D eigenvalue weighted by Crippen LogP contribution is -2.70. The van der Waals surface area contributed by atoms with Crippen molar-refractivity contribution in [2.75, 3.05) is 11.9 Å². The quantitative estimate of drug-likeness (QED) is 0.0446. The highest BCUT2D eigenvalue weighted by molar-refractivity contribution is 7.80. The number of carboxylic acid groups (broad SMARTS) is 3. The minimum atomic E-state index is -1.91. The van der Waals surface area contributed by atoms with Gasteiger partial charge in [-0.25, -0.2) is 24.2 Å². The number of rotatable bonds is 16. The Hall–Kier alpha value is -4.76. The Morgan fingerprint density at radius 3 is 1.95 bits per heavy atom. The average Bonchev–Trinajstić information content (AvgIpc) is 2.95. The Kier molecular flexibility index (Phi) is 12.4. The summed E-state index contributed by atoms with van der Waals surface area (Å²) in [6.07, 6.45) is -1.21. The number of hydrogen-bond donors (Lipinski definition) is 5. The first kappa shape index (κ1) is 34.4. The zero-order chi connectivity index (χ0) is 32.3. The summed E-state index contributed by atoms with van der Waals surface area (Å²) in [7, 11) is 0. The highest BCUT2D eigenvalue weighted by Crippen LogP contribution is 2.39. The molecule has 1 aliphatic rings. The van der Waals surface area contributed by atoms with Crippen molar-refractivity contribution in [3.63, 3.8) is 0 Å². The number of amides is 4. The summed E-state index contributed by atoms with van der Waals surface area (Å²) in [5.41, 5.74) is 7.63. The van der Waals surface area contributed by atoms with Crippen molar-refractivity contribution in [1.29, 1.82) is 0 Å². The lowest BCUT2D eigenvalue weighted by Gasteiger charge is -2.46. The molecule has 2 atom stereocenters. The van der Waals surface area contributed by atoms with Crippen LogP contribution in [-0.4, -0.2) is 84.6 Å². The van der Waals surface area contributed by atoms with Gasteiger partial charge in [-0.15, -0.1) is 0 Å². The SMILES string of the molecule is CCC1(CC)C(=O)N(C(CCC(=O)O)C(=O)O)C(=O)N([C@@H](CCCCNC(=S)Nc2ccc(N=[N+]=[N-])cc2)C(=O)O)C1=O. The van der Waals surface area contributed by atoms with Crippen LogP contribution in [0.2, 0.25) is 0 Å². The monoisotopic (exact) mass is 619 g/mol. The molecule has 4 amide bonds. The van der Waals surface area contributed by atoms with Crippen molar-refractivity contribution < 1.29 is 44.1 Å². The van der Waals surface area contributed by atoms with Crippen molar-refractivity contribution in [2.24, 2.45) is 10.5 Å². The first-order valence-electron chi connectivity index (χ1n) is 13.4. The second-order valence-corrected chi connectivity index (χ2v) is 10.1. The largest absolute Gasteiger partial charge is 0.481 e. The molecule has 17 heteroatoms. The van der Waals surface area contributed by atoms with E-state index in [9.17, 15) is 39.0 Å². The zero-order valence-electron chi connectivity index (χ0n) is 23.6. The van der Waals surface area contributed by atoms with Crippen LogP contribution in [0.4, 0.5) is 16.2 Å². The minimum Gasteiger partial charge on any atom is -0.481 e. The van der Waals surface area contributed by atoms with Crippen LogP contribution >= 0.6 is 12.2 Å². The van der Waals surface area contributed by atoms with Gasteiger partial charge in [0.25, 0.3) is 0 Å². The number of nitrogens with one attached hydrogen (secondary N) is 2. The molecular formula is C26H33N7O9S. The molecule has 0 saturated carbocycles. The van der Waals surface area contributed by atoms with Crippen LogP contribution in [0.5, 0.6) is 0 Å². The van der Waals surface area contributed by atoms with Gasteiger partial charge >= 0.3 is 23.9 Å². The van der Waals surface area contributed by atoms with Crippen LogP contribution in [0.25, 0.3) is 10.4 Å². The lowest BCUT2D eigenvalue weighted by atomic mass is 9.77. The van der Waals surface area contributed by atoms with Crippen molar-refractivity contribution >= 4 is 64.5 Å². The van der Waals surface area contributed by atoms with E-state index < -0.39 is 66.1 Å². The van der Waals surface area contributed by atoms with E-state index in [2.05, 4.69) is 20.7 Å². The summed E-state index contributed by atoms with van der Waals surface area (Å²) in [5, 5.41) is 38.4. The second kappa shape index (κ2) is 15.5. The third kappa shape index (κ3) is 8.17. The number of unbranched alkanes of at least 4 members (excludes halogenated alkanes) is 1. The Balaban J connectivity index is 2.17. The molecule has 0 aromatic heterocycles. The molecule has 1 fully saturated rings. The average molecular weight is 620 g/mol. The van der Waals surface area contributed by atoms with Crippen molar-refractivity contribution in [1.82, 2.24) is 15.1 Å².